The summed E-state index contributed by atoms with van der Waals surface area (Å²) in [6, 6.07) is 12.4. The molecule has 2 aromatic carbocycles. The van der Waals surface area contributed by atoms with Crippen molar-refractivity contribution in [2.45, 2.75) is 31.5 Å². The molecule has 0 spiro atoms. The van der Waals surface area contributed by atoms with Gasteiger partial charge in [0.05, 0.1) is 21.6 Å². The lowest BCUT2D eigenvalue weighted by Crippen LogP contribution is -2.39. The molecule has 0 N–H and O–H groups in total. The number of rotatable bonds is 6. The van der Waals surface area contributed by atoms with E-state index in [1.54, 1.807) is 22.8 Å². The molecule has 0 saturated heterocycles. The van der Waals surface area contributed by atoms with E-state index in [4.69, 9.17) is 16.3 Å². The Kier molecular flexibility index (Phi) is 7.16. The van der Waals surface area contributed by atoms with E-state index in [-0.39, 0.29) is 22.8 Å². The van der Waals surface area contributed by atoms with Crippen LogP contribution in [0.3, 0.4) is 0 Å². The lowest BCUT2D eigenvalue weighted by atomic mass is 10.2. The molecule has 0 bridgehead atoms. The Balaban J connectivity index is 1.64. The minimum Gasteiger partial charge on any atom is -0.409 e. The Bertz CT molecular complexity index is 1560. The number of amides is 1. The number of ether oxygens (including phenoxy) is 1. The fourth-order valence-corrected chi connectivity index (χ4v) is 5.22. The fraction of sp³-hybridized carbons (Fsp3) is 0.208. The summed E-state index contributed by atoms with van der Waals surface area (Å²) in [5.41, 5.74) is 0.0568. The number of nitrogens with zero attached hydrogens (tertiary/aromatic N) is 4. The number of hydrogen-bond acceptors (Lipinski definition) is 6. The van der Waals surface area contributed by atoms with Gasteiger partial charge in [-0.3, -0.25) is 4.57 Å². The predicted octanol–water partition coefficient (Wildman–Crippen LogP) is 5.86. The van der Waals surface area contributed by atoms with Crippen LogP contribution >= 0.6 is 11.6 Å². The molecule has 8 nitrogen and oxygen atoms in total. The fourth-order valence-electron chi connectivity index (χ4n) is 3.72. The zero-order chi connectivity index (χ0) is 27.0. The first-order valence-corrected chi connectivity index (χ1v) is 12.8. The largest absolute Gasteiger partial charge is 0.429 e. The molecule has 0 fully saturated rings. The highest BCUT2D eigenvalue weighted by molar-refractivity contribution is 7.89. The quantitative estimate of drug-likeness (QED) is 0.297. The molecule has 37 heavy (non-hydrogen) atoms. The van der Waals surface area contributed by atoms with Gasteiger partial charge in [0, 0.05) is 24.8 Å². The van der Waals surface area contributed by atoms with Gasteiger partial charge in [-0.25, -0.2) is 14.8 Å². The number of aryl methyl sites for hydroxylation is 1. The zero-order valence-electron chi connectivity index (χ0n) is 19.5. The van der Waals surface area contributed by atoms with E-state index < -0.39 is 32.9 Å². The van der Waals surface area contributed by atoms with E-state index in [0.717, 1.165) is 6.07 Å². The van der Waals surface area contributed by atoms with Gasteiger partial charge in [-0.15, -0.1) is 0 Å². The lowest BCUT2D eigenvalue weighted by molar-refractivity contribution is -0.137. The highest BCUT2D eigenvalue weighted by Gasteiger charge is 2.34. The SMILES string of the molecule is CCc1nc2cc(C(F)(F)F)c(Cl)cc2n1-c1ccc(OC(=O)N(CC)S(=O)(=O)c2ccccn2)cc1. The van der Waals surface area contributed by atoms with Crippen LogP contribution in [0, 0.1) is 0 Å². The van der Waals surface area contributed by atoms with Crippen molar-refractivity contribution in [1.82, 2.24) is 18.8 Å². The lowest BCUT2D eigenvalue weighted by Gasteiger charge is -2.19. The molecule has 0 aliphatic carbocycles. The summed E-state index contributed by atoms with van der Waals surface area (Å²) in [5, 5.41) is -0.751. The van der Waals surface area contributed by atoms with Crippen molar-refractivity contribution in [3.8, 4) is 11.4 Å². The summed E-state index contributed by atoms with van der Waals surface area (Å²) < 4.78 is 72.9. The molecule has 4 aromatic rings. The maximum atomic E-state index is 13.3. The van der Waals surface area contributed by atoms with E-state index in [0.29, 0.717) is 27.8 Å². The third kappa shape index (κ3) is 5.12. The molecule has 0 saturated carbocycles. The van der Waals surface area contributed by atoms with Gasteiger partial charge >= 0.3 is 12.3 Å². The molecule has 194 valence electrons. The van der Waals surface area contributed by atoms with Crippen molar-refractivity contribution < 1.29 is 31.1 Å². The topological polar surface area (TPSA) is 94.4 Å². The number of fused-ring (bicyclic) bond motifs is 1. The van der Waals surface area contributed by atoms with Crippen LogP contribution in [-0.4, -0.2) is 39.9 Å². The molecule has 0 radical (unpaired) electrons. The molecular formula is C24H20ClF3N4O4S. The molecule has 2 heterocycles. The molecule has 0 aliphatic heterocycles. The number of aromatic nitrogens is 3. The van der Waals surface area contributed by atoms with Gasteiger partial charge in [-0.05, 0) is 55.5 Å². The van der Waals surface area contributed by atoms with Gasteiger partial charge < -0.3 is 4.74 Å². The van der Waals surface area contributed by atoms with E-state index in [2.05, 4.69) is 9.97 Å². The number of pyridine rings is 1. The Hall–Kier alpha value is -3.64. The molecule has 0 unspecified atom stereocenters. The van der Waals surface area contributed by atoms with Crippen LogP contribution < -0.4 is 4.74 Å². The highest BCUT2D eigenvalue weighted by atomic mass is 35.5. The number of halogens is 4. The van der Waals surface area contributed by atoms with Crippen LogP contribution in [0.5, 0.6) is 5.75 Å². The van der Waals surface area contributed by atoms with Crippen molar-refractivity contribution in [2.24, 2.45) is 0 Å². The summed E-state index contributed by atoms with van der Waals surface area (Å²) in [4.78, 5) is 20.8. The van der Waals surface area contributed by atoms with E-state index in [1.165, 1.54) is 43.5 Å². The summed E-state index contributed by atoms with van der Waals surface area (Å²) >= 11 is 5.93. The number of carbonyl (C=O) groups is 1. The number of hydrogen-bond donors (Lipinski definition) is 0. The van der Waals surface area contributed by atoms with Crippen molar-refractivity contribution in [1.29, 1.82) is 0 Å². The molecule has 0 aliphatic rings. The van der Waals surface area contributed by atoms with Crippen molar-refractivity contribution in [3.05, 3.63) is 77.2 Å². The van der Waals surface area contributed by atoms with E-state index >= 15 is 0 Å². The average molecular weight is 553 g/mol. The zero-order valence-corrected chi connectivity index (χ0v) is 21.1. The minimum absolute atomic E-state index is 0.0586. The van der Waals surface area contributed by atoms with Crippen LogP contribution in [0.2, 0.25) is 5.02 Å². The Labute approximate surface area is 215 Å². The second kappa shape index (κ2) is 10.0. The summed E-state index contributed by atoms with van der Waals surface area (Å²) in [6.07, 6.45) is -4.02. The maximum Gasteiger partial charge on any atom is 0.429 e. The number of imidazole rings is 1. The summed E-state index contributed by atoms with van der Waals surface area (Å²) in [7, 11) is -4.22. The molecule has 0 atom stereocenters. The standard InChI is InChI=1S/C24H20ClF3N4O4S/c1-3-21-30-19-13-17(24(26,27)28)18(25)14-20(19)32(21)15-8-10-16(11-9-15)36-23(33)31(4-2)37(34,35)22-7-5-6-12-29-22/h5-14H,3-4H2,1-2H3. The molecule has 2 aromatic heterocycles. The maximum absolute atomic E-state index is 13.3. The van der Waals surface area contributed by atoms with Gasteiger partial charge in [0.25, 0.3) is 10.0 Å². The third-order valence-corrected chi connectivity index (χ3v) is 7.49. The molecule has 1 amide bonds. The number of benzene rings is 2. The first-order chi connectivity index (χ1) is 17.5. The van der Waals surface area contributed by atoms with Crippen molar-refractivity contribution >= 4 is 38.8 Å². The summed E-state index contributed by atoms with van der Waals surface area (Å²) in [6.45, 7) is 3.11. The smallest absolute Gasteiger partial charge is 0.409 e. The van der Waals surface area contributed by atoms with Gasteiger partial charge in [-0.2, -0.15) is 25.9 Å². The number of alkyl halides is 3. The highest BCUT2D eigenvalue weighted by Crippen LogP contribution is 2.38. The molecule has 13 heteroatoms. The van der Waals surface area contributed by atoms with Crippen LogP contribution in [0.25, 0.3) is 16.7 Å². The Morgan fingerprint density at radius 1 is 1.11 bits per heavy atom. The van der Waals surface area contributed by atoms with Crippen LogP contribution in [0.4, 0.5) is 18.0 Å². The van der Waals surface area contributed by atoms with Gasteiger partial charge in [0.1, 0.15) is 11.6 Å². The van der Waals surface area contributed by atoms with Crippen molar-refractivity contribution in [2.75, 3.05) is 6.54 Å². The van der Waals surface area contributed by atoms with Crippen LogP contribution in [-0.2, 0) is 22.6 Å². The average Bonchev–Trinajstić information content (AvgIpc) is 3.21. The van der Waals surface area contributed by atoms with Gasteiger partial charge in [0.2, 0.25) is 0 Å². The Morgan fingerprint density at radius 3 is 2.38 bits per heavy atom. The van der Waals surface area contributed by atoms with Gasteiger partial charge in [0.15, 0.2) is 5.03 Å². The second-order valence-corrected chi connectivity index (χ2v) is 9.95. The monoisotopic (exact) mass is 552 g/mol. The normalized spacial score (nSPS) is 12.1. The second-order valence-electron chi connectivity index (χ2n) is 7.74. The summed E-state index contributed by atoms with van der Waals surface area (Å²) in [5.74, 6) is 0.553. The predicted molar refractivity (Wildman–Crippen MR) is 130 cm³/mol. The minimum atomic E-state index is -4.62. The van der Waals surface area contributed by atoms with Crippen molar-refractivity contribution in [3.63, 3.8) is 0 Å². The number of carbonyl (C=O) groups excluding carboxylic acids is 1. The van der Waals surface area contributed by atoms with E-state index in [1.807, 2.05) is 6.92 Å². The Morgan fingerprint density at radius 2 is 1.81 bits per heavy atom. The van der Waals surface area contributed by atoms with Crippen LogP contribution in [0.15, 0.2) is 65.8 Å². The van der Waals surface area contributed by atoms with Gasteiger partial charge in [-0.1, -0.05) is 24.6 Å². The first kappa shape index (κ1) is 26.4. The first-order valence-electron chi connectivity index (χ1n) is 11.0. The molecule has 4 rings (SSSR count). The number of sulfonamides is 1. The van der Waals surface area contributed by atoms with E-state index in [9.17, 15) is 26.4 Å². The molecular weight excluding hydrogens is 533 g/mol. The third-order valence-electron chi connectivity index (χ3n) is 5.42. The van der Waals surface area contributed by atoms with Crippen LogP contribution in [0.1, 0.15) is 25.2 Å².